The third kappa shape index (κ3) is 5.21. The lowest BCUT2D eigenvalue weighted by Gasteiger charge is -2.36. The molecule has 1 atom stereocenters. The number of nitrogens with one attached hydrogen (secondary N) is 1. The molecule has 1 saturated heterocycles. The molecule has 2 aliphatic heterocycles. The molecule has 8 nitrogen and oxygen atoms in total. The maximum atomic E-state index is 13.1. The molecule has 8 heteroatoms. The number of aryl methyl sites for hydroxylation is 1. The van der Waals surface area contributed by atoms with Crippen LogP contribution in [0, 0.1) is 12.8 Å². The molecule has 4 rings (SSSR count). The van der Waals surface area contributed by atoms with Crippen LogP contribution in [0.4, 0.5) is 4.79 Å². The second kappa shape index (κ2) is 9.95. The number of urea groups is 1. The monoisotopic (exact) mass is 454 g/mol. The van der Waals surface area contributed by atoms with Crippen LogP contribution in [-0.4, -0.2) is 79.0 Å². The molecular formula is C25H34N4O4. The number of nitrogens with zero attached hydrogens (tertiary/aromatic N) is 3. The summed E-state index contributed by atoms with van der Waals surface area (Å²) in [4.78, 5) is 44.2. The summed E-state index contributed by atoms with van der Waals surface area (Å²) < 4.78 is 5.42. The van der Waals surface area contributed by atoms with E-state index in [9.17, 15) is 14.4 Å². The van der Waals surface area contributed by atoms with Crippen molar-refractivity contribution in [3.8, 4) is 0 Å². The molecule has 1 N–H and O–H groups in total. The highest BCUT2D eigenvalue weighted by molar-refractivity contribution is 5.95. The summed E-state index contributed by atoms with van der Waals surface area (Å²) in [7, 11) is 1.69. The summed E-state index contributed by atoms with van der Waals surface area (Å²) in [6.07, 6.45) is 2.89. The number of carbonyl (C=O) groups is 3. The first-order valence-corrected chi connectivity index (χ1v) is 11.9. The van der Waals surface area contributed by atoms with Gasteiger partial charge in [-0.2, -0.15) is 0 Å². The Morgan fingerprint density at radius 3 is 2.48 bits per heavy atom. The van der Waals surface area contributed by atoms with Crippen molar-refractivity contribution in [2.45, 2.75) is 39.2 Å². The number of carbonyl (C=O) groups excluding carboxylic acids is 3. The van der Waals surface area contributed by atoms with E-state index >= 15 is 0 Å². The Balaban J connectivity index is 1.61. The lowest BCUT2D eigenvalue weighted by molar-refractivity contribution is -0.139. The van der Waals surface area contributed by atoms with Gasteiger partial charge in [0.05, 0.1) is 18.2 Å². The number of hydrogen-bond donors (Lipinski definition) is 1. The van der Waals surface area contributed by atoms with Crippen molar-refractivity contribution in [3.63, 3.8) is 0 Å². The quantitative estimate of drug-likeness (QED) is 0.668. The van der Waals surface area contributed by atoms with Gasteiger partial charge in [0.15, 0.2) is 0 Å². The van der Waals surface area contributed by atoms with Crippen LogP contribution < -0.4 is 5.32 Å². The van der Waals surface area contributed by atoms with Crippen LogP contribution in [0.2, 0.25) is 0 Å². The molecule has 0 bridgehead atoms. The van der Waals surface area contributed by atoms with Gasteiger partial charge in [0.1, 0.15) is 0 Å². The molecule has 2 heterocycles. The first-order chi connectivity index (χ1) is 15.9. The largest absolute Gasteiger partial charge is 0.463 e. The Hall–Kier alpha value is -2.87. The van der Waals surface area contributed by atoms with Crippen molar-refractivity contribution < 1.29 is 19.1 Å². The van der Waals surface area contributed by atoms with Gasteiger partial charge in [-0.25, -0.2) is 9.59 Å². The minimum absolute atomic E-state index is 0.220. The third-order valence-electron chi connectivity index (χ3n) is 6.68. The SMILES string of the molecule is CCOC(=O)C1=C(CN2CCCN(C(=O)C3CC3)CC2)N(C)C(=O)NC1c1ccc(C)cc1. The summed E-state index contributed by atoms with van der Waals surface area (Å²) in [5.41, 5.74) is 3.08. The Kier molecular flexibility index (Phi) is 7.02. The van der Waals surface area contributed by atoms with E-state index in [0.717, 1.165) is 43.5 Å². The van der Waals surface area contributed by atoms with Crippen LogP contribution in [0.5, 0.6) is 0 Å². The van der Waals surface area contributed by atoms with Crippen LogP contribution in [0.1, 0.15) is 43.4 Å². The highest BCUT2D eigenvalue weighted by Gasteiger charge is 2.38. The van der Waals surface area contributed by atoms with E-state index < -0.39 is 12.0 Å². The molecule has 0 aromatic heterocycles. The number of likely N-dealkylation sites (N-methyl/N-ethyl adjacent to an activating group) is 1. The van der Waals surface area contributed by atoms with Gasteiger partial charge >= 0.3 is 12.0 Å². The van der Waals surface area contributed by atoms with Crippen LogP contribution in [0.3, 0.4) is 0 Å². The van der Waals surface area contributed by atoms with Gasteiger partial charge in [-0.05, 0) is 38.7 Å². The maximum absolute atomic E-state index is 13.1. The van der Waals surface area contributed by atoms with E-state index in [1.54, 1.807) is 14.0 Å². The predicted molar refractivity (Wildman–Crippen MR) is 124 cm³/mol. The van der Waals surface area contributed by atoms with E-state index in [1.807, 2.05) is 36.1 Å². The standard InChI is InChI=1S/C25H34N4O4/c1-4-33-24(31)21-20(16-28-12-5-13-29(15-14-28)23(30)19-10-11-19)27(3)25(32)26-22(21)18-8-6-17(2)7-9-18/h6-9,19,22H,4-5,10-16H2,1-3H3,(H,26,32). The van der Waals surface area contributed by atoms with Gasteiger partial charge in [-0.15, -0.1) is 0 Å². The zero-order chi connectivity index (χ0) is 23.5. The molecule has 2 fully saturated rings. The molecular weight excluding hydrogens is 420 g/mol. The first kappa shape index (κ1) is 23.3. The Morgan fingerprint density at radius 2 is 1.82 bits per heavy atom. The maximum Gasteiger partial charge on any atom is 0.338 e. The molecule has 33 heavy (non-hydrogen) atoms. The minimum atomic E-state index is -0.566. The second-order valence-electron chi connectivity index (χ2n) is 9.16. The average molecular weight is 455 g/mol. The summed E-state index contributed by atoms with van der Waals surface area (Å²) in [6, 6.07) is 7.02. The van der Waals surface area contributed by atoms with Crippen molar-refractivity contribution >= 4 is 17.9 Å². The van der Waals surface area contributed by atoms with E-state index in [2.05, 4.69) is 10.2 Å². The molecule has 1 saturated carbocycles. The molecule has 1 aromatic rings. The third-order valence-corrected chi connectivity index (χ3v) is 6.68. The zero-order valence-electron chi connectivity index (χ0n) is 19.8. The van der Waals surface area contributed by atoms with Gasteiger partial charge in [0, 0.05) is 51.4 Å². The average Bonchev–Trinajstić information content (AvgIpc) is 3.65. The highest BCUT2D eigenvalue weighted by Crippen LogP contribution is 2.33. The van der Waals surface area contributed by atoms with Gasteiger partial charge < -0.3 is 15.0 Å². The van der Waals surface area contributed by atoms with Crippen molar-refractivity contribution in [3.05, 3.63) is 46.7 Å². The van der Waals surface area contributed by atoms with Crippen LogP contribution in [0.15, 0.2) is 35.5 Å². The smallest absolute Gasteiger partial charge is 0.338 e. The predicted octanol–water partition coefficient (Wildman–Crippen LogP) is 2.45. The molecule has 0 spiro atoms. The number of benzene rings is 1. The molecule has 1 aliphatic carbocycles. The van der Waals surface area contributed by atoms with Gasteiger partial charge in [0.2, 0.25) is 5.91 Å². The Labute approximate surface area is 195 Å². The van der Waals surface area contributed by atoms with Crippen molar-refractivity contribution in [2.24, 2.45) is 5.92 Å². The normalized spacial score (nSPS) is 22.2. The highest BCUT2D eigenvalue weighted by atomic mass is 16.5. The minimum Gasteiger partial charge on any atom is -0.463 e. The lowest BCUT2D eigenvalue weighted by Crippen LogP contribution is -2.49. The van der Waals surface area contributed by atoms with Crippen LogP contribution in [0.25, 0.3) is 0 Å². The number of ether oxygens (including phenoxy) is 1. The summed E-state index contributed by atoms with van der Waals surface area (Å²) >= 11 is 0. The number of amides is 3. The molecule has 178 valence electrons. The molecule has 0 radical (unpaired) electrons. The van der Waals surface area contributed by atoms with E-state index in [4.69, 9.17) is 4.74 Å². The van der Waals surface area contributed by atoms with Gasteiger partial charge in [-0.1, -0.05) is 29.8 Å². The number of esters is 1. The fourth-order valence-electron chi connectivity index (χ4n) is 4.56. The Bertz CT molecular complexity index is 938. The van der Waals surface area contributed by atoms with Crippen LogP contribution in [-0.2, 0) is 14.3 Å². The number of rotatable bonds is 6. The van der Waals surface area contributed by atoms with E-state index in [-0.39, 0.29) is 24.5 Å². The Morgan fingerprint density at radius 1 is 1.09 bits per heavy atom. The fraction of sp³-hybridized carbons (Fsp3) is 0.560. The second-order valence-corrected chi connectivity index (χ2v) is 9.16. The lowest BCUT2D eigenvalue weighted by atomic mass is 9.93. The van der Waals surface area contributed by atoms with Crippen LogP contribution >= 0.6 is 0 Å². The van der Waals surface area contributed by atoms with Crippen molar-refractivity contribution in [1.29, 1.82) is 0 Å². The van der Waals surface area contributed by atoms with E-state index in [0.29, 0.717) is 30.9 Å². The summed E-state index contributed by atoms with van der Waals surface area (Å²) in [6.45, 7) is 7.45. The molecule has 1 aromatic carbocycles. The summed E-state index contributed by atoms with van der Waals surface area (Å²) in [5.74, 6) is 0.0836. The van der Waals surface area contributed by atoms with Crippen molar-refractivity contribution in [2.75, 3.05) is 46.4 Å². The van der Waals surface area contributed by atoms with Gasteiger partial charge in [0.25, 0.3) is 0 Å². The zero-order valence-corrected chi connectivity index (χ0v) is 19.8. The topological polar surface area (TPSA) is 82.2 Å². The molecule has 3 amide bonds. The van der Waals surface area contributed by atoms with E-state index in [1.165, 1.54) is 4.90 Å². The van der Waals surface area contributed by atoms with Crippen molar-refractivity contribution in [1.82, 2.24) is 20.0 Å². The molecule has 1 unspecified atom stereocenters. The summed E-state index contributed by atoms with van der Waals surface area (Å²) in [5, 5.41) is 2.97. The first-order valence-electron chi connectivity index (χ1n) is 11.9. The fourth-order valence-corrected chi connectivity index (χ4v) is 4.56. The molecule has 3 aliphatic rings. The van der Waals surface area contributed by atoms with Gasteiger partial charge in [-0.3, -0.25) is 14.6 Å². The number of hydrogen-bond acceptors (Lipinski definition) is 5.